The van der Waals surface area contributed by atoms with Gasteiger partial charge in [0.1, 0.15) is 11.5 Å². The maximum Gasteiger partial charge on any atom is 0.313 e. The molecule has 8 heteroatoms. The van der Waals surface area contributed by atoms with E-state index in [1.165, 1.54) is 0 Å². The highest BCUT2D eigenvalue weighted by atomic mass is 16.4. The van der Waals surface area contributed by atoms with Crippen LogP contribution in [0.3, 0.4) is 0 Å². The monoisotopic (exact) mass is 509 g/mol. The van der Waals surface area contributed by atoms with Gasteiger partial charge in [0, 0.05) is 36.7 Å². The summed E-state index contributed by atoms with van der Waals surface area (Å²) in [4.78, 5) is 36.3. The number of amides is 1. The van der Waals surface area contributed by atoms with Crippen molar-refractivity contribution in [3.8, 4) is 22.6 Å². The number of carboxylic acid groups (broad SMARTS) is 1. The van der Waals surface area contributed by atoms with Gasteiger partial charge in [-0.05, 0) is 74.2 Å². The Bertz CT molecular complexity index is 1550. The molecule has 0 saturated heterocycles. The fraction of sp³-hybridized carbons (Fsp3) is 0.267. The molecule has 2 aromatic heterocycles. The Morgan fingerprint density at radius 1 is 1.08 bits per heavy atom. The van der Waals surface area contributed by atoms with Crippen molar-refractivity contribution < 1.29 is 14.7 Å². The highest BCUT2D eigenvalue weighted by Gasteiger charge is 2.33. The zero-order valence-corrected chi connectivity index (χ0v) is 22.2. The van der Waals surface area contributed by atoms with Crippen molar-refractivity contribution in [2.45, 2.75) is 45.7 Å². The molecule has 2 N–H and O–H groups in total. The van der Waals surface area contributed by atoms with Crippen LogP contribution in [0, 0.1) is 0 Å². The lowest BCUT2D eigenvalue weighted by molar-refractivity contribution is -0.142. The van der Waals surface area contributed by atoms with Gasteiger partial charge in [0.2, 0.25) is 0 Å². The SMILES string of the molecule is CNc1cc(-c2ccc3c(c2)C(=O)N(c2cccc(-c4nccn4C(C)C)n2)C3)ccc1C(C)(C)C(=O)O. The Hall–Kier alpha value is -4.46. The number of rotatable bonds is 7. The molecular weight excluding hydrogens is 478 g/mol. The molecule has 194 valence electrons. The molecule has 1 amide bonds. The zero-order valence-electron chi connectivity index (χ0n) is 22.2. The second-order valence-corrected chi connectivity index (χ2v) is 10.3. The number of nitrogens with one attached hydrogen (secondary N) is 1. The predicted molar refractivity (Wildman–Crippen MR) is 148 cm³/mol. The Morgan fingerprint density at radius 3 is 2.53 bits per heavy atom. The minimum atomic E-state index is -1.04. The van der Waals surface area contributed by atoms with E-state index in [9.17, 15) is 14.7 Å². The lowest BCUT2D eigenvalue weighted by Gasteiger charge is -2.23. The van der Waals surface area contributed by atoms with Gasteiger partial charge in [-0.1, -0.05) is 30.3 Å². The van der Waals surface area contributed by atoms with Crippen LogP contribution in [0.2, 0.25) is 0 Å². The molecule has 2 aromatic carbocycles. The van der Waals surface area contributed by atoms with Crippen LogP contribution in [0.15, 0.2) is 67.0 Å². The molecule has 0 atom stereocenters. The minimum absolute atomic E-state index is 0.101. The molecular formula is C30H31N5O3. The molecule has 0 fully saturated rings. The van der Waals surface area contributed by atoms with Gasteiger partial charge in [0.05, 0.1) is 12.0 Å². The lowest BCUT2D eigenvalue weighted by Crippen LogP contribution is -2.29. The number of nitrogens with zero attached hydrogens (tertiary/aromatic N) is 4. The highest BCUT2D eigenvalue weighted by molar-refractivity contribution is 6.10. The van der Waals surface area contributed by atoms with Gasteiger partial charge in [-0.25, -0.2) is 9.97 Å². The third kappa shape index (κ3) is 4.22. The first-order chi connectivity index (χ1) is 18.1. The van der Waals surface area contributed by atoms with E-state index in [2.05, 4.69) is 28.7 Å². The number of anilines is 2. The average molecular weight is 510 g/mol. The Kier molecular flexibility index (Phi) is 6.26. The van der Waals surface area contributed by atoms with Gasteiger partial charge >= 0.3 is 5.97 Å². The van der Waals surface area contributed by atoms with Gasteiger partial charge in [0.25, 0.3) is 5.91 Å². The van der Waals surface area contributed by atoms with E-state index in [1.54, 1.807) is 32.0 Å². The van der Waals surface area contributed by atoms with Crippen molar-refractivity contribution >= 4 is 23.4 Å². The van der Waals surface area contributed by atoms with Gasteiger partial charge in [-0.3, -0.25) is 14.5 Å². The number of pyridine rings is 1. The second kappa shape index (κ2) is 9.45. The van der Waals surface area contributed by atoms with Crippen LogP contribution in [0.4, 0.5) is 11.5 Å². The predicted octanol–water partition coefficient (Wildman–Crippen LogP) is 5.76. The van der Waals surface area contributed by atoms with E-state index in [1.807, 2.05) is 60.8 Å². The van der Waals surface area contributed by atoms with Gasteiger partial charge in [0.15, 0.2) is 5.82 Å². The molecule has 0 spiro atoms. The summed E-state index contributed by atoms with van der Waals surface area (Å²) < 4.78 is 2.06. The number of hydrogen-bond acceptors (Lipinski definition) is 5. The minimum Gasteiger partial charge on any atom is -0.481 e. The molecule has 1 aliphatic rings. The summed E-state index contributed by atoms with van der Waals surface area (Å²) in [6.07, 6.45) is 3.69. The summed E-state index contributed by atoms with van der Waals surface area (Å²) in [6.45, 7) is 8.00. The molecule has 5 rings (SSSR count). The Labute approximate surface area is 222 Å². The number of aromatic nitrogens is 3. The first-order valence-electron chi connectivity index (χ1n) is 12.6. The van der Waals surface area contributed by atoms with E-state index in [4.69, 9.17) is 4.98 Å². The fourth-order valence-corrected chi connectivity index (χ4v) is 4.88. The molecule has 0 saturated carbocycles. The molecule has 8 nitrogen and oxygen atoms in total. The Balaban J connectivity index is 1.46. The van der Waals surface area contributed by atoms with Crippen molar-refractivity contribution in [3.05, 3.63) is 83.7 Å². The summed E-state index contributed by atoms with van der Waals surface area (Å²) in [7, 11) is 1.78. The zero-order chi connectivity index (χ0) is 27.2. The van der Waals surface area contributed by atoms with Crippen molar-refractivity contribution in [3.63, 3.8) is 0 Å². The smallest absolute Gasteiger partial charge is 0.313 e. The van der Waals surface area contributed by atoms with Crippen LogP contribution in [0.25, 0.3) is 22.6 Å². The van der Waals surface area contributed by atoms with Crippen molar-refractivity contribution in [1.29, 1.82) is 0 Å². The van der Waals surface area contributed by atoms with Crippen LogP contribution < -0.4 is 10.2 Å². The molecule has 0 bridgehead atoms. The van der Waals surface area contributed by atoms with Gasteiger partial charge < -0.3 is 15.0 Å². The number of hydrogen-bond donors (Lipinski definition) is 2. The normalized spacial score (nSPS) is 13.2. The molecule has 1 aliphatic heterocycles. The molecule has 0 radical (unpaired) electrons. The highest BCUT2D eigenvalue weighted by Crippen LogP contribution is 2.36. The average Bonchev–Trinajstić information content (AvgIpc) is 3.53. The summed E-state index contributed by atoms with van der Waals surface area (Å²) >= 11 is 0. The number of carboxylic acids is 1. The quantitative estimate of drug-likeness (QED) is 0.329. The van der Waals surface area contributed by atoms with Crippen molar-refractivity contribution in [2.24, 2.45) is 0 Å². The molecule has 3 heterocycles. The first-order valence-corrected chi connectivity index (χ1v) is 12.6. The third-order valence-corrected chi connectivity index (χ3v) is 7.21. The van der Waals surface area contributed by atoms with Crippen LogP contribution >= 0.6 is 0 Å². The van der Waals surface area contributed by atoms with E-state index in [0.717, 1.165) is 33.9 Å². The first kappa shape index (κ1) is 25.2. The Morgan fingerprint density at radius 2 is 1.82 bits per heavy atom. The van der Waals surface area contributed by atoms with Gasteiger partial charge in [-0.15, -0.1) is 0 Å². The van der Waals surface area contributed by atoms with Crippen LogP contribution in [0.1, 0.15) is 55.2 Å². The van der Waals surface area contributed by atoms with E-state index in [-0.39, 0.29) is 11.9 Å². The summed E-state index contributed by atoms with van der Waals surface area (Å²) in [6, 6.07) is 17.4. The maximum atomic E-state index is 13.5. The topological polar surface area (TPSA) is 100 Å². The second-order valence-electron chi connectivity index (χ2n) is 10.3. The van der Waals surface area contributed by atoms with Crippen molar-refractivity contribution in [1.82, 2.24) is 14.5 Å². The van der Waals surface area contributed by atoms with Gasteiger partial charge in [-0.2, -0.15) is 0 Å². The van der Waals surface area contributed by atoms with E-state index >= 15 is 0 Å². The summed E-state index contributed by atoms with van der Waals surface area (Å²) in [5.74, 6) is 0.358. The number of fused-ring (bicyclic) bond motifs is 1. The number of imidazole rings is 1. The largest absolute Gasteiger partial charge is 0.481 e. The number of benzene rings is 2. The molecule has 4 aromatic rings. The number of carbonyl (C=O) groups excluding carboxylic acids is 1. The van der Waals surface area contributed by atoms with Crippen LogP contribution in [0.5, 0.6) is 0 Å². The third-order valence-electron chi connectivity index (χ3n) is 7.21. The van der Waals surface area contributed by atoms with Crippen LogP contribution in [-0.2, 0) is 16.8 Å². The van der Waals surface area contributed by atoms with E-state index < -0.39 is 11.4 Å². The molecule has 38 heavy (non-hydrogen) atoms. The maximum absolute atomic E-state index is 13.5. The lowest BCUT2D eigenvalue weighted by atomic mass is 9.82. The standard InChI is InChI=1S/C30H31N5O3/c1-18(2)34-14-13-32-27(34)24-7-6-8-26(33-24)35-17-21-10-9-19(15-22(21)28(35)36)20-11-12-23(25(16-20)31-5)30(3,4)29(37)38/h6-16,18,31H,17H2,1-5H3,(H,37,38). The van der Waals surface area contributed by atoms with Crippen LogP contribution in [-0.4, -0.2) is 38.6 Å². The molecule has 0 unspecified atom stereocenters. The number of carbonyl (C=O) groups is 2. The summed E-state index contributed by atoms with van der Waals surface area (Å²) in [5.41, 5.74) is 4.47. The van der Waals surface area contributed by atoms with Crippen molar-refractivity contribution in [2.75, 3.05) is 17.3 Å². The summed E-state index contributed by atoms with van der Waals surface area (Å²) in [5, 5.41) is 12.8. The number of aliphatic carboxylic acids is 1. The molecule has 0 aliphatic carbocycles. The fourth-order valence-electron chi connectivity index (χ4n) is 4.88. The van der Waals surface area contributed by atoms with E-state index in [0.29, 0.717) is 23.5 Å².